The van der Waals surface area contributed by atoms with Crippen LogP contribution in [0, 0.1) is 33.0 Å². The number of hydrogen-bond acceptors (Lipinski definition) is 3. The van der Waals surface area contributed by atoms with Gasteiger partial charge in [-0.25, -0.2) is 0 Å². The first-order chi connectivity index (χ1) is 15.2. The fourth-order valence-corrected chi connectivity index (χ4v) is 8.65. The fourth-order valence-electron chi connectivity index (χ4n) is 8.65. The van der Waals surface area contributed by atoms with Crippen molar-refractivity contribution in [2.24, 2.45) is 33.0 Å². The Balaban J connectivity index is 0.00000171. The summed E-state index contributed by atoms with van der Waals surface area (Å²) in [6.45, 7) is 13.3. The Hall–Kier alpha value is -1.52. The van der Waals surface area contributed by atoms with Gasteiger partial charge >= 0.3 is 5.97 Å². The lowest BCUT2D eigenvalue weighted by molar-refractivity contribution is -0.178. The monoisotopic (exact) mass is 522 g/mol. The van der Waals surface area contributed by atoms with Crippen molar-refractivity contribution in [2.75, 3.05) is 0 Å². The predicted octanol–water partition coefficient (Wildman–Crippen LogP) is 7.54. The van der Waals surface area contributed by atoms with Crippen LogP contribution >= 0.6 is 24.8 Å². The number of carbonyl (C=O) groups is 2. The number of carboxylic acids is 1. The number of carboxylic acid groups (broad SMARTS) is 1. The number of rotatable bonds is 1. The molecule has 0 aliphatic heterocycles. The van der Waals surface area contributed by atoms with Crippen LogP contribution < -0.4 is 0 Å². The van der Waals surface area contributed by atoms with Gasteiger partial charge in [-0.05, 0) is 98.2 Å². The summed E-state index contributed by atoms with van der Waals surface area (Å²) in [5.74, 6) is -0.734. The van der Waals surface area contributed by atoms with Crippen LogP contribution in [-0.2, 0) is 9.59 Å². The molecule has 5 rings (SSSR count). The first-order valence-corrected chi connectivity index (χ1v) is 12.6. The summed E-state index contributed by atoms with van der Waals surface area (Å²) >= 11 is 0. The highest BCUT2D eigenvalue weighted by atomic mass is 35.5. The summed E-state index contributed by atoms with van der Waals surface area (Å²) in [5, 5.41) is 20.3. The molecular weight excluding hydrogens is 483 g/mol. The van der Waals surface area contributed by atoms with E-state index in [1.807, 2.05) is 13.8 Å². The minimum atomic E-state index is -0.655. The summed E-state index contributed by atoms with van der Waals surface area (Å²) in [6, 6.07) is 0. The Bertz CT molecular complexity index is 1120. The van der Waals surface area contributed by atoms with Crippen molar-refractivity contribution >= 4 is 36.6 Å². The Morgan fingerprint density at radius 1 is 0.943 bits per heavy atom. The maximum Gasteiger partial charge on any atom is 0.309 e. The van der Waals surface area contributed by atoms with E-state index in [4.69, 9.17) is 0 Å². The van der Waals surface area contributed by atoms with Crippen molar-refractivity contribution in [3.8, 4) is 0 Å². The molecular formula is C29H40Cl2O4. The van der Waals surface area contributed by atoms with Crippen molar-refractivity contribution in [1.82, 2.24) is 0 Å². The molecule has 0 saturated heterocycles. The van der Waals surface area contributed by atoms with Gasteiger partial charge in [0.05, 0.1) is 5.41 Å². The Morgan fingerprint density at radius 3 is 2.20 bits per heavy atom. The molecule has 0 amide bonds. The highest BCUT2D eigenvalue weighted by Crippen LogP contribution is 2.75. The van der Waals surface area contributed by atoms with Gasteiger partial charge in [-0.15, -0.1) is 24.8 Å². The first-order valence-electron chi connectivity index (χ1n) is 12.6. The fraction of sp³-hybridized carbons (Fsp3) is 0.655. The molecule has 6 heteroatoms. The van der Waals surface area contributed by atoms with Gasteiger partial charge in [0.2, 0.25) is 5.78 Å². The number of halogens is 2. The Labute approximate surface area is 221 Å². The third kappa shape index (κ3) is 3.38. The van der Waals surface area contributed by atoms with Crippen LogP contribution in [0.3, 0.4) is 0 Å². The van der Waals surface area contributed by atoms with Crippen molar-refractivity contribution in [3.05, 3.63) is 46.3 Å². The maximum absolute atomic E-state index is 12.6. The van der Waals surface area contributed by atoms with Gasteiger partial charge in [0, 0.05) is 11.0 Å². The molecule has 194 valence electrons. The van der Waals surface area contributed by atoms with Gasteiger partial charge in [-0.1, -0.05) is 45.4 Å². The van der Waals surface area contributed by atoms with E-state index in [9.17, 15) is 19.8 Å². The second-order valence-electron chi connectivity index (χ2n) is 12.9. The summed E-state index contributed by atoms with van der Waals surface area (Å²) in [7, 11) is 0. The molecule has 5 aliphatic rings. The van der Waals surface area contributed by atoms with Gasteiger partial charge in [-0.3, -0.25) is 9.59 Å². The number of aliphatic carboxylic acids is 1. The van der Waals surface area contributed by atoms with Crippen LogP contribution in [0.1, 0.15) is 86.5 Å². The van der Waals surface area contributed by atoms with Crippen molar-refractivity contribution in [3.63, 3.8) is 0 Å². The van der Waals surface area contributed by atoms with Gasteiger partial charge in [0.1, 0.15) is 0 Å². The summed E-state index contributed by atoms with van der Waals surface area (Å²) < 4.78 is 0. The van der Waals surface area contributed by atoms with E-state index in [-0.39, 0.29) is 58.0 Å². The average Bonchev–Trinajstić information content (AvgIpc) is 2.75. The highest BCUT2D eigenvalue weighted by molar-refractivity contribution is 6.06. The normalized spacial score (nSPS) is 44.1. The van der Waals surface area contributed by atoms with Crippen molar-refractivity contribution < 1.29 is 19.8 Å². The number of aliphatic hydroxyl groups is 1. The molecule has 0 radical (unpaired) electrons. The van der Waals surface area contributed by atoms with Crippen LogP contribution in [0.15, 0.2) is 46.3 Å². The molecule has 0 spiro atoms. The molecule has 0 aromatic heterocycles. The van der Waals surface area contributed by atoms with Crippen LogP contribution in [-0.4, -0.2) is 22.0 Å². The number of aliphatic hydroxyl groups excluding tert-OH is 1. The van der Waals surface area contributed by atoms with Crippen LogP contribution in [0.4, 0.5) is 0 Å². The number of hydrogen-bond donors (Lipinski definition) is 2. The second-order valence-corrected chi connectivity index (χ2v) is 12.9. The van der Waals surface area contributed by atoms with E-state index in [0.29, 0.717) is 11.5 Å². The quantitative estimate of drug-likeness (QED) is 0.372. The summed E-state index contributed by atoms with van der Waals surface area (Å²) in [4.78, 5) is 24.8. The van der Waals surface area contributed by atoms with Gasteiger partial charge in [-0.2, -0.15) is 0 Å². The molecule has 0 bridgehead atoms. The molecule has 0 aromatic carbocycles. The zero-order chi connectivity index (χ0) is 24.2. The van der Waals surface area contributed by atoms with Crippen LogP contribution in [0.5, 0.6) is 0 Å². The van der Waals surface area contributed by atoms with Gasteiger partial charge < -0.3 is 10.2 Å². The van der Waals surface area contributed by atoms with Gasteiger partial charge in [0.15, 0.2) is 5.76 Å². The maximum atomic E-state index is 12.6. The van der Waals surface area contributed by atoms with Crippen molar-refractivity contribution in [2.45, 2.75) is 86.5 Å². The second kappa shape index (κ2) is 8.25. The summed E-state index contributed by atoms with van der Waals surface area (Å²) in [6.07, 6.45) is 12.7. The predicted molar refractivity (Wildman–Crippen MR) is 143 cm³/mol. The number of carbonyl (C=O) groups excluding carboxylic acids is 1. The van der Waals surface area contributed by atoms with E-state index >= 15 is 0 Å². The molecule has 6 atom stereocenters. The lowest BCUT2D eigenvalue weighted by Crippen LogP contribution is -2.62. The molecule has 35 heavy (non-hydrogen) atoms. The Morgan fingerprint density at radius 2 is 1.57 bits per heavy atom. The third-order valence-corrected chi connectivity index (χ3v) is 11.4. The van der Waals surface area contributed by atoms with Crippen LogP contribution in [0.2, 0.25) is 0 Å². The average molecular weight is 524 g/mol. The third-order valence-electron chi connectivity index (χ3n) is 11.4. The molecule has 4 nitrogen and oxygen atoms in total. The molecule has 0 unspecified atom stereocenters. The van der Waals surface area contributed by atoms with Crippen LogP contribution in [0.25, 0.3) is 0 Å². The Kier molecular flexibility index (Phi) is 6.61. The molecule has 2 N–H and O–H groups in total. The standard InChI is InChI=1S/C29H38O4.2ClH/c1-17-18-7-8-21-27(4,19(18)15-20(30)23(17)31)12-14-29(6)22-16-26(3,24(32)33)10-9-25(22,2)11-13-28(21,29)5;;/h7-8,15,22,31H,9-14,16H2,1-6H3,(H,32,33);2*1H/t22-,25-,26-,27+,28-,29+;;/m1../s1. The number of fused-ring (bicyclic) bond motifs is 7. The van der Waals surface area contributed by atoms with E-state index in [1.54, 1.807) is 6.08 Å². The zero-order valence-corrected chi connectivity index (χ0v) is 23.4. The topological polar surface area (TPSA) is 74.6 Å². The number of allylic oxidation sites excluding steroid dienone is 7. The highest BCUT2D eigenvalue weighted by Gasteiger charge is 2.67. The van der Waals surface area contributed by atoms with E-state index in [1.165, 1.54) is 5.57 Å². The first kappa shape index (κ1) is 28.1. The van der Waals surface area contributed by atoms with E-state index < -0.39 is 11.4 Å². The van der Waals surface area contributed by atoms with Gasteiger partial charge in [0.25, 0.3) is 0 Å². The largest absolute Gasteiger partial charge is 0.504 e. The minimum Gasteiger partial charge on any atom is -0.504 e. The van der Waals surface area contributed by atoms with Crippen molar-refractivity contribution in [1.29, 1.82) is 0 Å². The lowest BCUT2D eigenvalue weighted by Gasteiger charge is -2.70. The summed E-state index contributed by atoms with van der Waals surface area (Å²) in [5.41, 5.74) is 3.33. The van der Waals surface area contributed by atoms with E-state index in [0.717, 1.165) is 56.1 Å². The molecule has 0 heterocycles. The zero-order valence-electron chi connectivity index (χ0n) is 21.8. The van der Waals surface area contributed by atoms with E-state index in [2.05, 4.69) is 39.8 Å². The molecule has 3 fully saturated rings. The molecule has 0 aromatic rings. The lowest BCUT2D eigenvalue weighted by atomic mass is 9.34. The smallest absolute Gasteiger partial charge is 0.309 e. The molecule has 3 saturated carbocycles. The SMILES string of the molecule is CC1=C(O)C(=O)C=C2C1=CC=C1[C@@]2(C)CC[C@@]2(C)[C@@H]3C[C@](C)(C(=O)O)CC[C@]3(C)CC[C@]12C.Cl.Cl. The molecule has 5 aliphatic carbocycles. The minimum absolute atomic E-state index is 0. The number of ketones is 1.